The van der Waals surface area contributed by atoms with Crippen LogP contribution in [-0.4, -0.2) is 26.5 Å². The summed E-state index contributed by atoms with van der Waals surface area (Å²) in [4.78, 5) is 40.0. The molecule has 1 atom stereocenters. The molecular formula is C20H20F3N3O4. The van der Waals surface area contributed by atoms with Crippen LogP contribution in [0.2, 0.25) is 0 Å². The Bertz CT molecular complexity index is 980. The summed E-state index contributed by atoms with van der Waals surface area (Å²) in [6, 6.07) is 2.87. The predicted molar refractivity (Wildman–Crippen MR) is 101 cm³/mol. The number of halogens is 3. The number of aromatic nitrogens is 2. The number of nitrogens with zero attached hydrogens (tertiary/aromatic N) is 2. The zero-order valence-corrected chi connectivity index (χ0v) is 15.9. The zero-order valence-electron chi connectivity index (χ0n) is 15.9. The molecule has 0 radical (unpaired) electrons. The van der Waals surface area contributed by atoms with Crippen molar-refractivity contribution >= 4 is 17.7 Å². The van der Waals surface area contributed by atoms with Crippen molar-refractivity contribution in [3.05, 3.63) is 58.1 Å². The molecule has 1 fully saturated rings. The van der Waals surface area contributed by atoms with E-state index in [1.165, 1.54) is 12.1 Å². The van der Waals surface area contributed by atoms with Gasteiger partial charge in [0.05, 0.1) is 11.1 Å². The molecular weight excluding hydrogens is 403 g/mol. The quantitative estimate of drug-likeness (QED) is 0.738. The molecule has 30 heavy (non-hydrogen) atoms. The van der Waals surface area contributed by atoms with E-state index >= 15 is 0 Å². The number of carboxylic acid groups (broad SMARTS) is 1. The summed E-state index contributed by atoms with van der Waals surface area (Å²) >= 11 is 0. The molecule has 2 aromatic rings. The lowest BCUT2D eigenvalue weighted by Gasteiger charge is -2.23. The van der Waals surface area contributed by atoms with Crippen LogP contribution in [0.5, 0.6) is 0 Å². The molecule has 10 heteroatoms. The standard InChI is InChI=1S/C20H20F3N3O4/c21-20(22,23)14-6-8-17(27)26(11-14)15(9-12-3-1-2-4-12)18(28)25-16-7-5-13(10-24-16)19(29)30/h5-8,10-12,15H,1-4,9H2,(H,29,30)(H,24,25,28). The summed E-state index contributed by atoms with van der Waals surface area (Å²) < 4.78 is 40.3. The lowest BCUT2D eigenvalue weighted by atomic mass is 9.97. The van der Waals surface area contributed by atoms with Crippen LogP contribution in [0, 0.1) is 5.92 Å². The number of nitrogens with one attached hydrogen (secondary N) is 1. The Morgan fingerprint density at radius 3 is 2.47 bits per heavy atom. The number of alkyl halides is 3. The van der Waals surface area contributed by atoms with Crippen LogP contribution >= 0.6 is 0 Å². The van der Waals surface area contributed by atoms with Gasteiger partial charge >= 0.3 is 12.1 Å². The Morgan fingerprint density at radius 2 is 1.90 bits per heavy atom. The first kappa shape index (κ1) is 21.5. The Morgan fingerprint density at radius 1 is 1.20 bits per heavy atom. The van der Waals surface area contributed by atoms with Gasteiger partial charge in [-0.25, -0.2) is 9.78 Å². The fraction of sp³-hybridized carbons (Fsp3) is 0.400. The molecule has 160 valence electrons. The van der Waals surface area contributed by atoms with Gasteiger partial charge in [-0.3, -0.25) is 9.59 Å². The molecule has 0 spiro atoms. The second-order valence-corrected chi connectivity index (χ2v) is 7.29. The van der Waals surface area contributed by atoms with Gasteiger partial charge in [0.2, 0.25) is 5.91 Å². The summed E-state index contributed by atoms with van der Waals surface area (Å²) in [7, 11) is 0. The van der Waals surface area contributed by atoms with Gasteiger partial charge < -0.3 is 15.0 Å². The first-order chi connectivity index (χ1) is 14.1. The molecule has 3 rings (SSSR count). The van der Waals surface area contributed by atoms with Gasteiger partial charge in [-0.15, -0.1) is 0 Å². The average Bonchev–Trinajstić information content (AvgIpc) is 3.19. The van der Waals surface area contributed by atoms with E-state index in [4.69, 9.17) is 5.11 Å². The van der Waals surface area contributed by atoms with Gasteiger partial charge in [-0.05, 0) is 30.5 Å². The van der Waals surface area contributed by atoms with E-state index in [9.17, 15) is 27.6 Å². The molecule has 2 heterocycles. The number of anilines is 1. The SMILES string of the molecule is O=C(O)c1ccc(NC(=O)C(CC2CCCC2)n2cc(C(F)(F)F)ccc2=O)nc1. The second-order valence-electron chi connectivity index (χ2n) is 7.29. The maximum absolute atomic E-state index is 13.1. The molecule has 1 unspecified atom stereocenters. The summed E-state index contributed by atoms with van der Waals surface area (Å²) in [5.74, 6) is -1.71. The topological polar surface area (TPSA) is 101 Å². The number of carboxylic acids is 1. The first-order valence-electron chi connectivity index (χ1n) is 9.45. The van der Waals surface area contributed by atoms with E-state index < -0.39 is 35.2 Å². The van der Waals surface area contributed by atoms with Gasteiger partial charge in [0, 0.05) is 18.5 Å². The van der Waals surface area contributed by atoms with Crippen molar-refractivity contribution in [1.29, 1.82) is 0 Å². The lowest BCUT2D eigenvalue weighted by molar-refractivity contribution is -0.138. The van der Waals surface area contributed by atoms with Crippen molar-refractivity contribution in [2.45, 2.75) is 44.3 Å². The Kier molecular flexibility index (Phi) is 6.23. The van der Waals surface area contributed by atoms with E-state index in [-0.39, 0.29) is 23.7 Å². The molecule has 1 saturated carbocycles. The number of aromatic carboxylic acids is 1. The van der Waals surface area contributed by atoms with Crippen LogP contribution in [0.1, 0.15) is 54.1 Å². The van der Waals surface area contributed by atoms with Crippen LogP contribution in [0.15, 0.2) is 41.5 Å². The van der Waals surface area contributed by atoms with Crippen LogP contribution in [0.3, 0.4) is 0 Å². The first-order valence-corrected chi connectivity index (χ1v) is 9.45. The lowest BCUT2D eigenvalue weighted by Crippen LogP contribution is -2.35. The maximum atomic E-state index is 13.1. The highest BCUT2D eigenvalue weighted by Gasteiger charge is 2.33. The average molecular weight is 423 g/mol. The third-order valence-electron chi connectivity index (χ3n) is 5.20. The van der Waals surface area contributed by atoms with E-state index in [0.717, 1.165) is 42.5 Å². The molecule has 0 aromatic carbocycles. The highest BCUT2D eigenvalue weighted by Crippen LogP contribution is 2.33. The molecule has 2 N–H and O–H groups in total. The number of carbonyl (C=O) groups excluding carboxylic acids is 1. The third kappa shape index (κ3) is 5.05. The molecule has 0 saturated heterocycles. The van der Waals surface area contributed by atoms with Crippen LogP contribution in [0.25, 0.3) is 0 Å². The van der Waals surface area contributed by atoms with Gasteiger partial charge in [0.25, 0.3) is 5.56 Å². The minimum absolute atomic E-state index is 0.0430. The number of carbonyl (C=O) groups is 2. The molecule has 0 bridgehead atoms. The monoisotopic (exact) mass is 423 g/mol. The van der Waals surface area contributed by atoms with Crippen LogP contribution < -0.4 is 10.9 Å². The Balaban J connectivity index is 1.91. The number of hydrogen-bond acceptors (Lipinski definition) is 4. The predicted octanol–water partition coefficient (Wildman–Crippen LogP) is 3.72. The minimum Gasteiger partial charge on any atom is -0.478 e. The second kappa shape index (κ2) is 8.68. The molecule has 1 aliphatic carbocycles. The van der Waals surface area contributed by atoms with Gasteiger partial charge in [0.1, 0.15) is 11.9 Å². The number of hydrogen-bond donors (Lipinski definition) is 2. The molecule has 1 aliphatic rings. The van der Waals surface area contributed by atoms with Crippen LogP contribution in [-0.2, 0) is 11.0 Å². The zero-order chi connectivity index (χ0) is 21.9. The van der Waals surface area contributed by atoms with Crippen molar-refractivity contribution in [3.8, 4) is 0 Å². The van der Waals surface area contributed by atoms with Crippen molar-refractivity contribution in [2.24, 2.45) is 5.92 Å². The van der Waals surface area contributed by atoms with E-state index in [2.05, 4.69) is 10.3 Å². The summed E-state index contributed by atoms with van der Waals surface area (Å²) in [5.41, 5.74) is -1.81. The minimum atomic E-state index is -4.65. The van der Waals surface area contributed by atoms with E-state index in [0.29, 0.717) is 12.3 Å². The Labute approximate surface area is 169 Å². The van der Waals surface area contributed by atoms with Crippen molar-refractivity contribution in [2.75, 3.05) is 5.32 Å². The van der Waals surface area contributed by atoms with Crippen molar-refractivity contribution in [3.63, 3.8) is 0 Å². The molecule has 1 amide bonds. The largest absolute Gasteiger partial charge is 0.478 e. The summed E-state index contributed by atoms with van der Waals surface area (Å²) in [6.07, 6.45) is 0.899. The number of rotatable bonds is 6. The molecule has 0 aliphatic heterocycles. The van der Waals surface area contributed by atoms with Crippen molar-refractivity contribution in [1.82, 2.24) is 9.55 Å². The van der Waals surface area contributed by atoms with E-state index in [1.807, 2.05) is 0 Å². The molecule has 7 nitrogen and oxygen atoms in total. The van der Waals surface area contributed by atoms with Gasteiger partial charge in [-0.1, -0.05) is 25.7 Å². The number of amides is 1. The van der Waals surface area contributed by atoms with Crippen LogP contribution in [0.4, 0.5) is 19.0 Å². The fourth-order valence-corrected chi connectivity index (χ4v) is 3.63. The highest BCUT2D eigenvalue weighted by atomic mass is 19.4. The fourth-order valence-electron chi connectivity index (χ4n) is 3.63. The normalized spacial score (nSPS) is 15.7. The smallest absolute Gasteiger partial charge is 0.417 e. The number of pyridine rings is 2. The summed E-state index contributed by atoms with van der Waals surface area (Å²) in [5, 5.41) is 11.4. The maximum Gasteiger partial charge on any atom is 0.417 e. The third-order valence-corrected chi connectivity index (χ3v) is 5.20. The summed E-state index contributed by atoms with van der Waals surface area (Å²) in [6.45, 7) is 0. The Hall–Kier alpha value is -3.17. The van der Waals surface area contributed by atoms with Gasteiger partial charge in [-0.2, -0.15) is 13.2 Å². The van der Waals surface area contributed by atoms with E-state index in [1.54, 1.807) is 0 Å². The highest BCUT2D eigenvalue weighted by molar-refractivity contribution is 5.93. The molecule has 2 aromatic heterocycles. The van der Waals surface area contributed by atoms with Crippen molar-refractivity contribution < 1.29 is 27.9 Å². The van der Waals surface area contributed by atoms with Gasteiger partial charge in [0.15, 0.2) is 0 Å².